The van der Waals surface area contributed by atoms with Gasteiger partial charge in [-0.25, -0.2) is 0 Å². The van der Waals surface area contributed by atoms with E-state index in [0.29, 0.717) is 0 Å². The molecule has 0 heteroatoms. The van der Waals surface area contributed by atoms with Gasteiger partial charge in [0.25, 0.3) is 0 Å². The van der Waals surface area contributed by atoms with Gasteiger partial charge in [0.05, 0.1) is 0 Å². The van der Waals surface area contributed by atoms with Gasteiger partial charge < -0.3 is 0 Å². The fourth-order valence-corrected chi connectivity index (χ4v) is 6.93. The predicted molar refractivity (Wildman–Crippen MR) is 242 cm³/mol. The second kappa shape index (κ2) is 18.7. The Bertz CT molecular complexity index is 2250. The van der Waals surface area contributed by atoms with E-state index in [4.69, 9.17) is 0 Å². The van der Waals surface area contributed by atoms with E-state index in [1.165, 1.54) is 101 Å². The lowest BCUT2D eigenvalue weighted by atomic mass is 9.75. The Morgan fingerprint density at radius 2 is 0.741 bits per heavy atom. The first-order valence-electron chi connectivity index (χ1n) is 19.2. The van der Waals surface area contributed by atoms with Gasteiger partial charge in [-0.1, -0.05) is 214 Å². The number of hydrogen-bond acceptors (Lipinski definition) is 0. The summed E-state index contributed by atoms with van der Waals surface area (Å²) in [5.41, 5.74) is 13.5. The Hall–Kier alpha value is -5.20. The van der Waals surface area contributed by atoms with E-state index in [9.17, 15) is 0 Å². The fourth-order valence-electron chi connectivity index (χ4n) is 6.93. The van der Waals surface area contributed by atoms with Gasteiger partial charge in [0, 0.05) is 5.41 Å². The van der Waals surface area contributed by atoms with Crippen LogP contribution in [0.4, 0.5) is 0 Å². The van der Waals surface area contributed by atoms with Crippen LogP contribution in [0.15, 0.2) is 146 Å². The van der Waals surface area contributed by atoms with E-state index < -0.39 is 0 Å². The second-order valence-corrected chi connectivity index (χ2v) is 15.5. The highest BCUT2D eigenvalue weighted by atomic mass is 14.3. The third-order valence-corrected chi connectivity index (χ3v) is 10.4. The van der Waals surface area contributed by atoms with E-state index in [1.807, 2.05) is 0 Å². The minimum atomic E-state index is -0.0505. The lowest BCUT2D eigenvalue weighted by Gasteiger charge is -2.29. The van der Waals surface area contributed by atoms with Gasteiger partial charge in [0.15, 0.2) is 0 Å². The molecule has 54 heavy (non-hydrogen) atoms. The summed E-state index contributed by atoms with van der Waals surface area (Å²) in [7, 11) is 0. The van der Waals surface area contributed by atoms with Crippen LogP contribution in [0, 0.1) is 48.5 Å². The van der Waals surface area contributed by atoms with Crippen molar-refractivity contribution in [2.75, 3.05) is 0 Å². The van der Waals surface area contributed by atoms with Crippen molar-refractivity contribution in [3.8, 4) is 0 Å². The number of aryl methyl sites for hydroxylation is 8. The summed E-state index contributed by atoms with van der Waals surface area (Å²) in [5.74, 6) is 0. The summed E-state index contributed by atoms with van der Waals surface area (Å²) < 4.78 is 0. The molecule has 8 rings (SSSR count). The first kappa shape index (κ1) is 41.6. The molecular weight excluding hydrogens is 649 g/mol. The molecular formula is C54H62. The van der Waals surface area contributed by atoms with Crippen molar-refractivity contribution in [3.63, 3.8) is 0 Å². The van der Waals surface area contributed by atoms with Crippen molar-refractivity contribution in [3.05, 3.63) is 201 Å². The zero-order chi connectivity index (χ0) is 38.1. The molecule has 0 spiro atoms. The number of benzene rings is 8. The van der Waals surface area contributed by atoms with Crippen LogP contribution >= 0.6 is 0 Å². The van der Waals surface area contributed by atoms with E-state index in [2.05, 4.69) is 215 Å². The van der Waals surface area contributed by atoms with Gasteiger partial charge in [0.1, 0.15) is 0 Å². The minimum absolute atomic E-state index is 0. The maximum Gasteiger partial charge on any atom is 0.0152 e. The molecule has 0 fully saturated rings. The van der Waals surface area contributed by atoms with Crippen molar-refractivity contribution in [1.29, 1.82) is 0 Å². The third-order valence-electron chi connectivity index (χ3n) is 10.4. The van der Waals surface area contributed by atoms with Gasteiger partial charge in [-0.2, -0.15) is 0 Å². The van der Waals surface area contributed by atoms with Gasteiger partial charge >= 0.3 is 0 Å². The van der Waals surface area contributed by atoms with E-state index in [-0.39, 0.29) is 12.8 Å². The summed E-state index contributed by atoms with van der Waals surface area (Å²) >= 11 is 0. The van der Waals surface area contributed by atoms with Crippen molar-refractivity contribution >= 4 is 32.3 Å². The third kappa shape index (κ3) is 10.3. The zero-order valence-corrected chi connectivity index (χ0v) is 33.8. The molecule has 0 N–H and O–H groups in total. The van der Waals surface area contributed by atoms with Crippen molar-refractivity contribution in [2.24, 2.45) is 0 Å². The molecule has 0 unspecified atom stereocenters. The molecule has 278 valence electrons. The summed E-state index contributed by atoms with van der Waals surface area (Å²) in [5, 5.41) is 8.23. The first-order valence-corrected chi connectivity index (χ1v) is 19.2. The predicted octanol–water partition coefficient (Wildman–Crippen LogP) is 15.7. The van der Waals surface area contributed by atoms with Crippen molar-refractivity contribution < 1.29 is 0 Å². The summed E-state index contributed by atoms with van der Waals surface area (Å²) in [6.45, 7) is 21.8. The van der Waals surface area contributed by atoms with Gasteiger partial charge in [-0.3, -0.25) is 0 Å². The smallest absolute Gasteiger partial charge is 0.0152 e. The van der Waals surface area contributed by atoms with Gasteiger partial charge in [-0.05, 0) is 109 Å². The van der Waals surface area contributed by atoms with Crippen LogP contribution < -0.4 is 0 Å². The molecule has 0 amide bonds. The van der Waals surface area contributed by atoms with Crippen molar-refractivity contribution in [1.82, 2.24) is 0 Å². The molecule has 0 aromatic heterocycles. The highest BCUT2D eigenvalue weighted by molar-refractivity contribution is 6.24. The average molecular weight is 711 g/mol. The number of hydrogen-bond donors (Lipinski definition) is 0. The molecule has 0 aliphatic rings. The Labute approximate surface area is 327 Å². The molecule has 0 saturated carbocycles. The quantitative estimate of drug-likeness (QED) is 0.160. The molecule has 0 radical (unpaired) electrons. The average Bonchev–Trinajstić information content (AvgIpc) is 3.16. The maximum atomic E-state index is 2.34. The SMILES string of the molecule is C.CCCc1ccc(C)cc1.Cc1ccc(C(C)(C)c2ccc3ccc4c(C)ccc5ccc2c3c54)cc1.Cc1ccc(C)cc1.Cc1ccc(C)cc1. The van der Waals surface area contributed by atoms with Gasteiger partial charge in [-0.15, -0.1) is 0 Å². The van der Waals surface area contributed by atoms with Crippen LogP contribution in [-0.4, -0.2) is 0 Å². The van der Waals surface area contributed by atoms with Crippen LogP contribution in [0.2, 0.25) is 0 Å². The fraction of sp³-hybridized carbons (Fsp3) is 0.259. The van der Waals surface area contributed by atoms with Crippen LogP contribution in [0.25, 0.3) is 32.3 Å². The second-order valence-electron chi connectivity index (χ2n) is 15.5. The Kier molecular flexibility index (Phi) is 14.4. The van der Waals surface area contributed by atoms with Crippen LogP contribution in [0.5, 0.6) is 0 Å². The largest absolute Gasteiger partial charge is 0.0776 e. The summed E-state index contributed by atoms with van der Waals surface area (Å²) in [4.78, 5) is 0. The molecule has 0 aliphatic heterocycles. The number of rotatable bonds is 4. The lowest BCUT2D eigenvalue weighted by molar-refractivity contribution is 0.647. The first-order chi connectivity index (χ1) is 25.4. The standard InChI is InChI=1S/C27H24.C10H14.2C8H10.CH4/c1-17-5-12-21(13-6-17)27(3,4)24-16-11-20-9-14-22-18(2)7-8-19-10-15-23(24)26(20)25(19)22;1-3-4-10-7-5-9(2)6-8-10;2*1-7-3-5-8(2)6-4-7;/h5-16H,1-4H3;5-8H,3-4H2,1-2H3;2*3-6H,1-2H3;1H4. The molecule has 0 aliphatic carbocycles. The minimum Gasteiger partial charge on any atom is -0.0776 e. The van der Waals surface area contributed by atoms with E-state index in [0.717, 1.165) is 0 Å². The maximum absolute atomic E-state index is 2.34. The van der Waals surface area contributed by atoms with Gasteiger partial charge in [0.2, 0.25) is 0 Å². The molecule has 0 saturated heterocycles. The molecule has 8 aromatic rings. The summed E-state index contributed by atoms with van der Waals surface area (Å²) in [6, 6.07) is 53.0. The highest BCUT2D eigenvalue weighted by Crippen LogP contribution is 2.42. The van der Waals surface area contributed by atoms with E-state index in [1.54, 1.807) is 0 Å². The summed E-state index contributed by atoms with van der Waals surface area (Å²) in [6.07, 6.45) is 2.45. The van der Waals surface area contributed by atoms with Crippen molar-refractivity contribution in [2.45, 2.75) is 94.9 Å². The molecule has 0 heterocycles. The Morgan fingerprint density at radius 3 is 1.19 bits per heavy atom. The molecule has 8 aromatic carbocycles. The Morgan fingerprint density at radius 1 is 0.389 bits per heavy atom. The van der Waals surface area contributed by atoms with Crippen LogP contribution in [0.1, 0.15) is 90.3 Å². The zero-order valence-electron chi connectivity index (χ0n) is 33.8. The molecule has 0 nitrogen and oxygen atoms in total. The lowest BCUT2D eigenvalue weighted by Crippen LogP contribution is -2.19. The normalized spacial score (nSPS) is 10.8. The highest BCUT2D eigenvalue weighted by Gasteiger charge is 2.26. The van der Waals surface area contributed by atoms with Crippen LogP contribution in [-0.2, 0) is 11.8 Å². The molecule has 0 bridgehead atoms. The van der Waals surface area contributed by atoms with Crippen LogP contribution in [0.3, 0.4) is 0 Å². The Balaban J connectivity index is 0.000000196. The topological polar surface area (TPSA) is 0 Å². The monoisotopic (exact) mass is 710 g/mol. The van der Waals surface area contributed by atoms with E-state index >= 15 is 0 Å². The molecule has 0 atom stereocenters.